The van der Waals surface area contributed by atoms with Gasteiger partial charge in [0, 0.05) is 6.42 Å². The standard InChI is InChI=1S/C30H56O2/c1-3-5-7-9-11-13-15-16-17-18-19-20-22-24-26-28-30(31)32-29-27-25-23-21-14-12-10-8-6-4-2/h13,15-17H,3-12,14,18-29H2,1-2H3/b15-13-,17-16-. The summed E-state index contributed by atoms with van der Waals surface area (Å²) in [6.07, 6.45) is 36.3. The van der Waals surface area contributed by atoms with Crippen molar-refractivity contribution in [2.75, 3.05) is 6.61 Å². The number of ether oxygens (including phenoxy) is 1. The Bertz CT molecular complexity index is 425. The maximum Gasteiger partial charge on any atom is 0.305 e. The maximum absolute atomic E-state index is 11.8. The molecule has 188 valence electrons. The predicted octanol–water partition coefficient (Wildman–Crippen LogP) is 10.3. The molecular formula is C30H56O2. The highest BCUT2D eigenvalue weighted by Gasteiger charge is 2.02. The van der Waals surface area contributed by atoms with E-state index < -0.39 is 0 Å². The summed E-state index contributed by atoms with van der Waals surface area (Å²) in [5, 5.41) is 0. The number of hydrogen-bond donors (Lipinski definition) is 0. The second-order valence-corrected chi connectivity index (χ2v) is 9.41. The van der Waals surface area contributed by atoms with Gasteiger partial charge in [-0.15, -0.1) is 0 Å². The van der Waals surface area contributed by atoms with Crippen molar-refractivity contribution >= 4 is 5.97 Å². The van der Waals surface area contributed by atoms with Crippen LogP contribution in [0, 0.1) is 0 Å². The van der Waals surface area contributed by atoms with Crippen LogP contribution in [0.4, 0.5) is 0 Å². The fourth-order valence-corrected chi connectivity index (χ4v) is 3.95. The van der Waals surface area contributed by atoms with E-state index in [0.29, 0.717) is 13.0 Å². The molecule has 2 heteroatoms. The molecule has 0 heterocycles. The van der Waals surface area contributed by atoms with Crippen molar-refractivity contribution in [3.05, 3.63) is 24.3 Å². The minimum Gasteiger partial charge on any atom is -0.466 e. The average molecular weight is 449 g/mol. The number of carbonyl (C=O) groups excluding carboxylic acids is 1. The average Bonchev–Trinajstić information content (AvgIpc) is 2.80. The summed E-state index contributed by atoms with van der Waals surface area (Å²) in [4.78, 5) is 11.8. The Morgan fingerprint density at radius 1 is 0.531 bits per heavy atom. The third-order valence-electron chi connectivity index (χ3n) is 6.12. The van der Waals surface area contributed by atoms with Gasteiger partial charge in [-0.2, -0.15) is 0 Å². The predicted molar refractivity (Wildman–Crippen MR) is 142 cm³/mol. The molecule has 0 aliphatic rings. The molecule has 0 aromatic carbocycles. The molecule has 0 fully saturated rings. The molecule has 0 atom stereocenters. The minimum absolute atomic E-state index is 0.00494. The van der Waals surface area contributed by atoms with Crippen LogP contribution < -0.4 is 0 Å². The maximum atomic E-state index is 11.8. The quantitative estimate of drug-likeness (QED) is 0.0788. The lowest BCUT2D eigenvalue weighted by Gasteiger charge is -2.05. The second kappa shape index (κ2) is 28.0. The Labute approximate surface area is 201 Å². The highest BCUT2D eigenvalue weighted by atomic mass is 16.5. The first-order chi connectivity index (χ1) is 15.8. The zero-order chi connectivity index (χ0) is 23.4. The lowest BCUT2D eigenvalue weighted by Crippen LogP contribution is -2.05. The molecule has 0 aliphatic carbocycles. The number of carbonyl (C=O) groups is 1. The van der Waals surface area contributed by atoms with Gasteiger partial charge in [0.1, 0.15) is 0 Å². The smallest absolute Gasteiger partial charge is 0.305 e. The Morgan fingerprint density at radius 3 is 1.47 bits per heavy atom. The van der Waals surface area contributed by atoms with Gasteiger partial charge in [-0.25, -0.2) is 0 Å². The molecule has 0 unspecified atom stereocenters. The van der Waals surface area contributed by atoms with Crippen LogP contribution >= 0.6 is 0 Å². The molecule has 2 nitrogen and oxygen atoms in total. The molecular weight excluding hydrogens is 392 g/mol. The SMILES string of the molecule is CCCCCC/C=C\C=C/CCCCCCCC(=O)OCCCCCCCCCCCC. The van der Waals surface area contributed by atoms with Gasteiger partial charge in [0.05, 0.1) is 6.61 Å². The van der Waals surface area contributed by atoms with E-state index in [-0.39, 0.29) is 5.97 Å². The van der Waals surface area contributed by atoms with E-state index in [4.69, 9.17) is 4.74 Å². The Morgan fingerprint density at radius 2 is 0.938 bits per heavy atom. The van der Waals surface area contributed by atoms with Crippen LogP contribution in [0.2, 0.25) is 0 Å². The third kappa shape index (κ3) is 27.0. The highest BCUT2D eigenvalue weighted by Crippen LogP contribution is 2.11. The molecule has 0 N–H and O–H groups in total. The topological polar surface area (TPSA) is 26.3 Å². The number of rotatable bonds is 25. The lowest BCUT2D eigenvalue weighted by atomic mass is 10.1. The fourth-order valence-electron chi connectivity index (χ4n) is 3.95. The van der Waals surface area contributed by atoms with Crippen molar-refractivity contribution in [3.8, 4) is 0 Å². The van der Waals surface area contributed by atoms with Crippen molar-refractivity contribution in [1.82, 2.24) is 0 Å². The van der Waals surface area contributed by atoms with Crippen molar-refractivity contribution < 1.29 is 9.53 Å². The summed E-state index contributed by atoms with van der Waals surface area (Å²) in [6, 6.07) is 0. The van der Waals surface area contributed by atoms with E-state index in [9.17, 15) is 4.79 Å². The van der Waals surface area contributed by atoms with Gasteiger partial charge in [0.25, 0.3) is 0 Å². The molecule has 0 spiro atoms. The van der Waals surface area contributed by atoms with E-state index in [0.717, 1.165) is 19.3 Å². The summed E-state index contributed by atoms with van der Waals surface area (Å²) in [5.41, 5.74) is 0. The number of allylic oxidation sites excluding steroid dienone is 4. The Kier molecular flexibility index (Phi) is 27.1. The van der Waals surface area contributed by atoms with Crippen LogP contribution in [0.25, 0.3) is 0 Å². The monoisotopic (exact) mass is 448 g/mol. The number of esters is 1. The minimum atomic E-state index is 0.00494. The first kappa shape index (κ1) is 30.9. The van der Waals surface area contributed by atoms with E-state index in [2.05, 4.69) is 38.2 Å². The van der Waals surface area contributed by atoms with Crippen molar-refractivity contribution in [3.63, 3.8) is 0 Å². The van der Waals surface area contributed by atoms with Crippen LogP contribution in [0.5, 0.6) is 0 Å². The molecule has 0 rings (SSSR count). The Balaban J connectivity index is 3.25. The summed E-state index contributed by atoms with van der Waals surface area (Å²) in [5.74, 6) is 0.00494. The first-order valence-corrected chi connectivity index (χ1v) is 14.3. The number of hydrogen-bond acceptors (Lipinski definition) is 2. The van der Waals surface area contributed by atoms with Gasteiger partial charge < -0.3 is 4.74 Å². The highest BCUT2D eigenvalue weighted by molar-refractivity contribution is 5.69. The third-order valence-corrected chi connectivity index (χ3v) is 6.12. The fraction of sp³-hybridized carbons (Fsp3) is 0.833. The van der Waals surface area contributed by atoms with Crippen molar-refractivity contribution in [2.45, 2.75) is 155 Å². The molecule has 0 amide bonds. The van der Waals surface area contributed by atoms with Gasteiger partial charge in [-0.05, 0) is 38.5 Å². The van der Waals surface area contributed by atoms with Crippen LogP contribution in [0.3, 0.4) is 0 Å². The second-order valence-electron chi connectivity index (χ2n) is 9.41. The first-order valence-electron chi connectivity index (χ1n) is 14.3. The van der Waals surface area contributed by atoms with Crippen LogP contribution in [-0.4, -0.2) is 12.6 Å². The normalized spacial score (nSPS) is 11.7. The van der Waals surface area contributed by atoms with Gasteiger partial charge in [0.15, 0.2) is 0 Å². The molecule has 0 aromatic heterocycles. The van der Waals surface area contributed by atoms with Crippen molar-refractivity contribution in [1.29, 1.82) is 0 Å². The molecule has 0 saturated heterocycles. The summed E-state index contributed by atoms with van der Waals surface area (Å²) >= 11 is 0. The van der Waals surface area contributed by atoms with Gasteiger partial charge in [0.2, 0.25) is 0 Å². The van der Waals surface area contributed by atoms with E-state index in [1.165, 1.54) is 116 Å². The summed E-state index contributed by atoms with van der Waals surface area (Å²) in [6.45, 7) is 5.14. The van der Waals surface area contributed by atoms with E-state index in [1.54, 1.807) is 0 Å². The van der Waals surface area contributed by atoms with Gasteiger partial charge in [-0.1, -0.05) is 134 Å². The molecule has 0 saturated carbocycles. The molecule has 0 radical (unpaired) electrons. The summed E-state index contributed by atoms with van der Waals surface area (Å²) in [7, 11) is 0. The number of unbranched alkanes of at least 4 members (excludes halogenated alkanes) is 18. The van der Waals surface area contributed by atoms with Crippen molar-refractivity contribution in [2.24, 2.45) is 0 Å². The van der Waals surface area contributed by atoms with Gasteiger partial charge in [-0.3, -0.25) is 4.79 Å². The van der Waals surface area contributed by atoms with Crippen LogP contribution in [0.15, 0.2) is 24.3 Å². The van der Waals surface area contributed by atoms with Crippen LogP contribution in [-0.2, 0) is 9.53 Å². The van der Waals surface area contributed by atoms with E-state index >= 15 is 0 Å². The molecule has 0 aliphatic heterocycles. The zero-order valence-electron chi connectivity index (χ0n) is 21.9. The lowest BCUT2D eigenvalue weighted by molar-refractivity contribution is -0.143. The van der Waals surface area contributed by atoms with E-state index in [1.807, 2.05) is 0 Å². The van der Waals surface area contributed by atoms with Gasteiger partial charge >= 0.3 is 5.97 Å². The zero-order valence-corrected chi connectivity index (χ0v) is 21.9. The molecule has 32 heavy (non-hydrogen) atoms. The van der Waals surface area contributed by atoms with Crippen LogP contribution in [0.1, 0.15) is 155 Å². The molecule has 0 bridgehead atoms. The molecule has 0 aromatic rings. The summed E-state index contributed by atoms with van der Waals surface area (Å²) < 4.78 is 5.38. The Hall–Kier alpha value is -1.05. The largest absolute Gasteiger partial charge is 0.466 e.